The van der Waals surface area contributed by atoms with Crippen molar-refractivity contribution in [3.63, 3.8) is 0 Å². The van der Waals surface area contributed by atoms with E-state index in [2.05, 4.69) is 5.32 Å². The number of rotatable bonds is 5. The highest BCUT2D eigenvalue weighted by atomic mass is 19.1. The highest BCUT2D eigenvalue weighted by molar-refractivity contribution is 5.85. The number of carbonyl (C=O) groups excluding carboxylic acids is 1. The predicted molar refractivity (Wildman–Crippen MR) is 74.1 cm³/mol. The predicted octanol–water partition coefficient (Wildman–Crippen LogP) is 1.28. The molecule has 1 atom stereocenters. The van der Waals surface area contributed by atoms with Crippen LogP contribution in [0.5, 0.6) is 0 Å². The van der Waals surface area contributed by atoms with Gasteiger partial charge in [-0.05, 0) is 45.6 Å². The number of halogens is 1. The van der Waals surface area contributed by atoms with E-state index in [9.17, 15) is 9.18 Å². The molecule has 106 valence electrons. The van der Waals surface area contributed by atoms with Crippen molar-refractivity contribution >= 4 is 5.91 Å². The first kappa shape index (κ1) is 15.6. The molecule has 0 saturated carbocycles. The zero-order valence-corrected chi connectivity index (χ0v) is 11.9. The molecule has 0 radical (unpaired) electrons. The maximum atomic E-state index is 12.9. The standard InChI is InChI=1S/C14H22FN3O/c1-14(2,16)13(19)17-9-12(18(3)4)10-5-7-11(15)8-6-10/h5-8,12H,9,16H2,1-4H3,(H,17,19). The van der Waals surface area contributed by atoms with Crippen LogP contribution in [0.15, 0.2) is 24.3 Å². The van der Waals surface area contributed by atoms with Crippen molar-refractivity contribution in [2.24, 2.45) is 5.73 Å². The molecule has 0 aliphatic carbocycles. The second-order valence-corrected chi connectivity index (χ2v) is 5.46. The van der Waals surface area contributed by atoms with Crippen LogP contribution in [0.4, 0.5) is 4.39 Å². The second kappa shape index (κ2) is 6.12. The summed E-state index contributed by atoms with van der Waals surface area (Å²) in [7, 11) is 3.82. The minimum absolute atomic E-state index is 0.0214. The molecule has 1 rings (SSSR count). The summed E-state index contributed by atoms with van der Waals surface area (Å²) in [5, 5.41) is 2.82. The fraction of sp³-hybridized carbons (Fsp3) is 0.500. The summed E-state index contributed by atoms with van der Waals surface area (Å²) in [4.78, 5) is 13.7. The van der Waals surface area contributed by atoms with Gasteiger partial charge in [0.15, 0.2) is 0 Å². The van der Waals surface area contributed by atoms with E-state index in [4.69, 9.17) is 5.73 Å². The quantitative estimate of drug-likeness (QED) is 0.845. The molecule has 19 heavy (non-hydrogen) atoms. The molecule has 1 amide bonds. The fourth-order valence-electron chi connectivity index (χ4n) is 1.70. The molecule has 1 aromatic rings. The first-order chi connectivity index (χ1) is 8.71. The highest BCUT2D eigenvalue weighted by Crippen LogP contribution is 2.17. The lowest BCUT2D eigenvalue weighted by molar-refractivity contribution is -0.125. The van der Waals surface area contributed by atoms with Crippen molar-refractivity contribution in [2.75, 3.05) is 20.6 Å². The van der Waals surface area contributed by atoms with Gasteiger partial charge in [-0.15, -0.1) is 0 Å². The van der Waals surface area contributed by atoms with Gasteiger partial charge in [0.1, 0.15) is 5.82 Å². The van der Waals surface area contributed by atoms with Crippen molar-refractivity contribution in [3.05, 3.63) is 35.6 Å². The number of nitrogens with zero attached hydrogens (tertiary/aromatic N) is 1. The van der Waals surface area contributed by atoms with Crippen LogP contribution in [0.2, 0.25) is 0 Å². The summed E-state index contributed by atoms with van der Waals surface area (Å²) in [5.74, 6) is -0.477. The van der Waals surface area contributed by atoms with Crippen molar-refractivity contribution in [2.45, 2.75) is 25.4 Å². The molecule has 1 unspecified atom stereocenters. The summed E-state index contributed by atoms with van der Waals surface area (Å²) in [6.07, 6.45) is 0. The lowest BCUT2D eigenvalue weighted by atomic mass is 10.0. The highest BCUT2D eigenvalue weighted by Gasteiger charge is 2.23. The molecule has 3 N–H and O–H groups in total. The second-order valence-electron chi connectivity index (χ2n) is 5.46. The van der Waals surface area contributed by atoms with Crippen LogP contribution in [0.25, 0.3) is 0 Å². The molecule has 0 aromatic heterocycles. The normalized spacial score (nSPS) is 13.4. The molecular weight excluding hydrogens is 245 g/mol. The third kappa shape index (κ3) is 4.61. The summed E-state index contributed by atoms with van der Waals surface area (Å²) >= 11 is 0. The molecule has 0 aliphatic rings. The molecular formula is C14H22FN3O. The molecule has 0 fully saturated rings. The third-order valence-corrected chi connectivity index (χ3v) is 2.92. The minimum atomic E-state index is -0.903. The van der Waals surface area contributed by atoms with E-state index >= 15 is 0 Å². The van der Waals surface area contributed by atoms with Crippen LogP contribution < -0.4 is 11.1 Å². The molecule has 4 nitrogen and oxygen atoms in total. The number of benzene rings is 1. The van der Waals surface area contributed by atoms with E-state index in [0.717, 1.165) is 5.56 Å². The third-order valence-electron chi connectivity index (χ3n) is 2.92. The van der Waals surface area contributed by atoms with Crippen molar-refractivity contribution in [1.82, 2.24) is 10.2 Å². The van der Waals surface area contributed by atoms with E-state index in [1.54, 1.807) is 26.0 Å². The monoisotopic (exact) mass is 267 g/mol. The summed E-state index contributed by atoms with van der Waals surface area (Å²) in [6, 6.07) is 6.26. The van der Waals surface area contributed by atoms with Gasteiger partial charge >= 0.3 is 0 Å². The van der Waals surface area contributed by atoms with Gasteiger partial charge in [0.2, 0.25) is 5.91 Å². The van der Waals surface area contributed by atoms with E-state index in [1.165, 1.54) is 12.1 Å². The van der Waals surface area contributed by atoms with E-state index in [1.807, 2.05) is 19.0 Å². The van der Waals surface area contributed by atoms with Gasteiger partial charge in [0, 0.05) is 6.54 Å². The number of amides is 1. The Kier molecular flexibility index (Phi) is 5.03. The first-order valence-corrected chi connectivity index (χ1v) is 6.21. The minimum Gasteiger partial charge on any atom is -0.353 e. The van der Waals surface area contributed by atoms with Crippen LogP contribution in [-0.2, 0) is 4.79 Å². The molecule has 0 heterocycles. The maximum Gasteiger partial charge on any atom is 0.239 e. The molecule has 0 saturated heterocycles. The number of likely N-dealkylation sites (N-methyl/N-ethyl adjacent to an activating group) is 1. The average molecular weight is 267 g/mol. The molecule has 0 spiro atoms. The number of hydrogen-bond acceptors (Lipinski definition) is 3. The Morgan fingerprint density at radius 2 is 1.89 bits per heavy atom. The Morgan fingerprint density at radius 3 is 2.32 bits per heavy atom. The number of hydrogen-bond donors (Lipinski definition) is 2. The van der Waals surface area contributed by atoms with E-state index in [0.29, 0.717) is 6.54 Å². The van der Waals surface area contributed by atoms with Gasteiger partial charge in [-0.1, -0.05) is 12.1 Å². The lowest BCUT2D eigenvalue weighted by Gasteiger charge is -2.27. The lowest BCUT2D eigenvalue weighted by Crippen LogP contribution is -2.50. The van der Waals surface area contributed by atoms with Gasteiger partial charge in [-0.25, -0.2) is 4.39 Å². The fourth-order valence-corrected chi connectivity index (χ4v) is 1.70. The topological polar surface area (TPSA) is 58.4 Å². The molecule has 0 aliphatic heterocycles. The van der Waals surface area contributed by atoms with Crippen molar-refractivity contribution in [3.8, 4) is 0 Å². The Labute approximate surface area is 113 Å². The van der Waals surface area contributed by atoms with E-state index in [-0.39, 0.29) is 17.8 Å². The van der Waals surface area contributed by atoms with Crippen LogP contribution in [0.3, 0.4) is 0 Å². The van der Waals surface area contributed by atoms with Gasteiger partial charge in [0.25, 0.3) is 0 Å². The van der Waals surface area contributed by atoms with Crippen LogP contribution in [-0.4, -0.2) is 37.0 Å². The van der Waals surface area contributed by atoms with Crippen LogP contribution >= 0.6 is 0 Å². The van der Waals surface area contributed by atoms with Gasteiger partial charge < -0.3 is 16.0 Å². The number of nitrogens with two attached hydrogens (primary N) is 1. The average Bonchev–Trinajstić information content (AvgIpc) is 2.29. The number of nitrogens with one attached hydrogen (secondary N) is 1. The molecule has 1 aromatic carbocycles. The smallest absolute Gasteiger partial charge is 0.239 e. The summed E-state index contributed by atoms with van der Waals surface area (Å²) in [6.45, 7) is 3.74. The summed E-state index contributed by atoms with van der Waals surface area (Å²) in [5.41, 5.74) is 5.77. The zero-order chi connectivity index (χ0) is 14.6. The zero-order valence-electron chi connectivity index (χ0n) is 11.9. The van der Waals surface area contributed by atoms with Gasteiger partial charge in [0.05, 0.1) is 11.6 Å². The number of carbonyl (C=O) groups is 1. The van der Waals surface area contributed by atoms with Crippen LogP contribution in [0, 0.1) is 5.82 Å². The Balaban J connectivity index is 2.75. The Morgan fingerprint density at radius 1 is 1.37 bits per heavy atom. The van der Waals surface area contributed by atoms with Gasteiger partial charge in [-0.2, -0.15) is 0 Å². The van der Waals surface area contributed by atoms with E-state index < -0.39 is 5.54 Å². The summed E-state index contributed by atoms with van der Waals surface area (Å²) < 4.78 is 12.9. The maximum absolute atomic E-state index is 12.9. The van der Waals surface area contributed by atoms with Crippen LogP contribution in [0.1, 0.15) is 25.5 Å². The Bertz CT molecular complexity index is 423. The van der Waals surface area contributed by atoms with Crippen molar-refractivity contribution < 1.29 is 9.18 Å². The Hall–Kier alpha value is -1.46. The molecule has 0 bridgehead atoms. The van der Waals surface area contributed by atoms with Gasteiger partial charge in [-0.3, -0.25) is 4.79 Å². The first-order valence-electron chi connectivity index (χ1n) is 6.21. The van der Waals surface area contributed by atoms with Crippen molar-refractivity contribution in [1.29, 1.82) is 0 Å². The largest absolute Gasteiger partial charge is 0.353 e. The SMILES string of the molecule is CN(C)C(CNC(=O)C(C)(C)N)c1ccc(F)cc1. The molecule has 5 heteroatoms.